The highest BCUT2D eigenvalue weighted by atomic mass is 19.4. The van der Waals surface area contributed by atoms with E-state index in [0.717, 1.165) is 6.07 Å². The molecule has 5 heteroatoms. The molecule has 0 fully saturated rings. The molecule has 0 radical (unpaired) electrons. The molecule has 0 amide bonds. The first-order valence-electron chi connectivity index (χ1n) is 6.25. The number of aliphatic hydroxyl groups is 1. The molecule has 1 N–H and O–H groups in total. The van der Waals surface area contributed by atoms with Crippen LogP contribution in [-0.2, 0) is 11.6 Å². The van der Waals surface area contributed by atoms with Gasteiger partial charge in [0.15, 0.2) is 0 Å². The summed E-state index contributed by atoms with van der Waals surface area (Å²) in [5.41, 5.74) is -0.526. The average molecular weight is 273 g/mol. The molecule has 0 aromatic heterocycles. The van der Waals surface area contributed by atoms with Crippen LogP contribution in [0.1, 0.15) is 38.8 Å². The van der Waals surface area contributed by atoms with E-state index >= 15 is 0 Å². The maximum Gasteiger partial charge on any atom is 0.416 e. The molecule has 1 heterocycles. The highest BCUT2D eigenvalue weighted by Gasteiger charge is 2.48. The van der Waals surface area contributed by atoms with E-state index < -0.39 is 23.4 Å². The first-order chi connectivity index (χ1) is 8.58. The van der Waals surface area contributed by atoms with Crippen LogP contribution >= 0.6 is 0 Å². The number of alkyl halides is 3. The molecule has 106 valence electrons. The summed E-state index contributed by atoms with van der Waals surface area (Å²) < 4.78 is 39.5. The van der Waals surface area contributed by atoms with Crippen molar-refractivity contribution in [1.29, 1.82) is 0 Å². The molecule has 0 aliphatic carbocycles. The zero-order valence-corrected chi connectivity index (χ0v) is 11.4. The molecular formula is C14H18F3NO. The monoisotopic (exact) mass is 273 g/mol. The van der Waals surface area contributed by atoms with Crippen molar-refractivity contribution >= 4 is 5.69 Å². The molecule has 0 spiro atoms. The number of halogens is 3. The minimum absolute atomic E-state index is 0.203. The van der Waals surface area contributed by atoms with Gasteiger partial charge in [-0.2, -0.15) is 13.2 Å². The van der Waals surface area contributed by atoms with E-state index in [2.05, 4.69) is 0 Å². The van der Waals surface area contributed by atoms with Gasteiger partial charge in [0.2, 0.25) is 0 Å². The van der Waals surface area contributed by atoms with Crippen LogP contribution in [0.4, 0.5) is 18.9 Å². The predicted molar refractivity (Wildman–Crippen MR) is 68.1 cm³/mol. The number of benzene rings is 1. The van der Waals surface area contributed by atoms with Crippen LogP contribution in [0.2, 0.25) is 0 Å². The van der Waals surface area contributed by atoms with E-state index in [1.54, 1.807) is 31.7 Å². The Labute approximate surface area is 110 Å². The van der Waals surface area contributed by atoms with Gasteiger partial charge in [0, 0.05) is 17.1 Å². The number of anilines is 1. The second kappa shape index (κ2) is 4.13. The van der Waals surface area contributed by atoms with Gasteiger partial charge >= 0.3 is 6.18 Å². The van der Waals surface area contributed by atoms with Gasteiger partial charge in [0.1, 0.15) is 6.23 Å². The van der Waals surface area contributed by atoms with Crippen molar-refractivity contribution in [2.75, 3.05) is 4.90 Å². The highest BCUT2D eigenvalue weighted by Crippen LogP contribution is 2.50. The molecule has 1 aromatic rings. The molecule has 2 atom stereocenters. The molecule has 2 rings (SSSR count). The smallest absolute Gasteiger partial charge is 0.374 e. The van der Waals surface area contributed by atoms with Gasteiger partial charge in [-0.3, -0.25) is 0 Å². The molecule has 2 unspecified atom stereocenters. The standard InChI is InChI=1S/C14H18F3NO/c1-8-13(3,4)12-10(14(15,16)17)6-5-7-11(12)18(8)9(2)19/h5-9,19H,1-4H3. The van der Waals surface area contributed by atoms with Gasteiger partial charge in [-0.1, -0.05) is 19.9 Å². The van der Waals surface area contributed by atoms with Crippen molar-refractivity contribution < 1.29 is 18.3 Å². The lowest BCUT2D eigenvalue weighted by molar-refractivity contribution is -0.138. The van der Waals surface area contributed by atoms with E-state index in [0.29, 0.717) is 5.69 Å². The lowest BCUT2D eigenvalue weighted by Gasteiger charge is -2.33. The third kappa shape index (κ3) is 2.00. The van der Waals surface area contributed by atoms with Crippen molar-refractivity contribution in [2.45, 2.75) is 51.6 Å². The maximum atomic E-state index is 13.2. The first kappa shape index (κ1) is 14.2. The fraction of sp³-hybridized carbons (Fsp3) is 0.571. The van der Waals surface area contributed by atoms with E-state index in [-0.39, 0.29) is 11.6 Å². The zero-order chi connectivity index (χ0) is 14.6. The highest BCUT2D eigenvalue weighted by molar-refractivity contribution is 5.67. The van der Waals surface area contributed by atoms with Gasteiger partial charge in [-0.25, -0.2) is 0 Å². The summed E-state index contributed by atoms with van der Waals surface area (Å²) in [4.78, 5) is 1.64. The SMILES string of the molecule is CC(O)N1c2cccc(C(F)(F)F)c2C(C)(C)C1C. The summed E-state index contributed by atoms with van der Waals surface area (Å²) in [5, 5.41) is 9.84. The average Bonchev–Trinajstić information content (AvgIpc) is 2.46. The van der Waals surface area contributed by atoms with Crippen LogP contribution in [-0.4, -0.2) is 17.4 Å². The van der Waals surface area contributed by atoms with E-state index in [9.17, 15) is 18.3 Å². The topological polar surface area (TPSA) is 23.5 Å². The largest absolute Gasteiger partial charge is 0.416 e. The number of fused-ring (bicyclic) bond motifs is 1. The Kier molecular flexibility index (Phi) is 3.08. The maximum absolute atomic E-state index is 13.2. The number of hydrogen-bond acceptors (Lipinski definition) is 2. The van der Waals surface area contributed by atoms with Crippen molar-refractivity contribution in [3.05, 3.63) is 29.3 Å². The molecule has 0 saturated carbocycles. The van der Waals surface area contributed by atoms with Crippen molar-refractivity contribution in [2.24, 2.45) is 0 Å². The first-order valence-corrected chi connectivity index (χ1v) is 6.25. The Morgan fingerprint density at radius 2 is 1.89 bits per heavy atom. The predicted octanol–water partition coefficient (Wildman–Crippen LogP) is 3.53. The van der Waals surface area contributed by atoms with Gasteiger partial charge in [-0.05, 0) is 31.5 Å². The summed E-state index contributed by atoms with van der Waals surface area (Å²) in [6, 6.07) is 3.94. The quantitative estimate of drug-likeness (QED) is 0.846. The van der Waals surface area contributed by atoms with Crippen LogP contribution in [0.25, 0.3) is 0 Å². The van der Waals surface area contributed by atoms with E-state index in [1.807, 2.05) is 6.92 Å². The molecule has 1 aliphatic rings. The van der Waals surface area contributed by atoms with Crippen molar-refractivity contribution in [3.63, 3.8) is 0 Å². The lowest BCUT2D eigenvalue weighted by atomic mass is 9.79. The van der Waals surface area contributed by atoms with Gasteiger partial charge in [0.25, 0.3) is 0 Å². The summed E-state index contributed by atoms with van der Waals surface area (Å²) >= 11 is 0. The second-order valence-electron chi connectivity index (χ2n) is 5.63. The molecule has 1 aromatic carbocycles. The van der Waals surface area contributed by atoms with Crippen LogP contribution in [0, 0.1) is 0 Å². The van der Waals surface area contributed by atoms with Crippen LogP contribution in [0.15, 0.2) is 18.2 Å². The summed E-state index contributed by atoms with van der Waals surface area (Å²) in [5.74, 6) is 0. The molecule has 2 nitrogen and oxygen atoms in total. The fourth-order valence-electron chi connectivity index (χ4n) is 2.96. The number of nitrogens with zero attached hydrogens (tertiary/aromatic N) is 1. The molecule has 1 aliphatic heterocycles. The third-order valence-electron chi connectivity index (χ3n) is 4.13. The number of aliphatic hydroxyl groups excluding tert-OH is 1. The van der Waals surface area contributed by atoms with Crippen LogP contribution in [0.5, 0.6) is 0 Å². The molecule has 0 bridgehead atoms. The number of hydrogen-bond donors (Lipinski definition) is 1. The third-order valence-corrected chi connectivity index (χ3v) is 4.13. The van der Waals surface area contributed by atoms with Gasteiger partial charge in [-0.15, -0.1) is 0 Å². The van der Waals surface area contributed by atoms with Crippen LogP contribution in [0.3, 0.4) is 0 Å². The minimum atomic E-state index is -4.38. The summed E-state index contributed by atoms with van der Waals surface area (Å²) in [6.45, 7) is 6.98. The Morgan fingerprint density at radius 1 is 1.32 bits per heavy atom. The Bertz CT molecular complexity index is 494. The normalized spacial score (nSPS) is 23.4. The lowest BCUT2D eigenvalue weighted by Crippen LogP contribution is -2.43. The van der Waals surface area contributed by atoms with E-state index in [4.69, 9.17) is 0 Å². The number of rotatable bonds is 1. The summed E-state index contributed by atoms with van der Waals surface area (Å²) in [6.07, 6.45) is -5.20. The van der Waals surface area contributed by atoms with Gasteiger partial charge < -0.3 is 10.0 Å². The minimum Gasteiger partial charge on any atom is -0.374 e. The van der Waals surface area contributed by atoms with Crippen molar-refractivity contribution in [1.82, 2.24) is 0 Å². The Morgan fingerprint density at radius 3 is 2.37 bits per heavy atom. The zero-order valence-electron chi connectivity index (χ0n) is 11.4. The molecule has 0 saturated heterocycles. The van der Waals surface area contributed by atoms with Crippen LogP contribution < -0.4 is 4.90 Å². The second-order valence-corrected chi connectivity index (χ2v) is 5.63. The Balaban J connectivity index is 2.72. The molecular weight excluding hydrogens is 255 g/mol. The van der Waals surface area contributed by atoms with Crippen molar-refractivity contribution in [3.8, 4) is 0 Å². The molecule has 19 heavy (non-hydrogen) atoms. The van der Waals surface area contributed by atoms with Gasteiger partial charge in [0.05, 0.1) is 5.56 Å². The van der Waals surface area contributed by atoms with E-state index in [1.165, 1.54) is 6.07 Å². The summed E-state index contributed by atoms with van der Waals surface area (Å²) in [7, 11) is 0. The fourth-order valence-corrected chi connectivity index (χ4v) is 2.96. The Hall–Kier alpha value is -1.23.